The Labute approximate surface area is 263 Å². The molecule has 3 aliphatic carbocycles. The van der Waals surface area contributed by atoms with Crippen LogP contribution >= 0.6 is 0 Å². The van der Waals surface area contributed by atoms with Crippen molar-refractivity contribution in [2.24, 2.45) is 23.5 Å². The van der Waals surface area contributed by atoms with Gasteiger partial charge in [0.15, 0.2) is 11.4 Å². The van der Waals surface area contributed by atoms with Gasteiger partial charge in [0.05, 0.1) is 11.7 Å². The van der Waals surface area contributed by atoms with E-state index in [1.54, 1.807) is 20.2 Å². The van der Waals surface area contributed by atoms with Crippen molar-refractivity contribution in [1.82, 2.24) is 10.2 Å². The van der Waals surface area contributed by atoms with Gasteiger partial charge in [-0.05, 0) is 80.6 Å². The molecule has 0 aromatic heterocycles. The number of fused-ring (bicyclic) bond motifs is 3. The maximum atomic E-state index is 14.2. The number of rotatable bonds is 6. The summed E-state index contributed by atoms with van der Waals surface area (Å²) in [5.74, 6) is -9.31. The largest absolute Gasteiger partial charge is 0.507 e. The first-order valence-electron chi connectivity index (χ1n) is 15.2. The Kier molecular flexibility index (Phi) is 8.00. The number of nitrogens with two attached hydrogens (primary N) is 1. The van der Waals surface area contributed by atoms with E-state index in [2.05, 4.69) is 5.32 Å². The predicted molar refractivity (Wildman–Crippen MR) is 160 cm³/mol. The predicted octanol–water partition coefficient (Wildman–Crippen LogP) is 0.730. The molecule has 3 unspecified atom stereocenters. The van der Waals surface area contributed by atoms with E-state index >= 15 is 0 Å². The van der Waals surface area contributed by atoms with Gasteiger partial charge in [-0.15, -0.1) is 0 Å². The average Bonchev–Trinajstić information content (AvgIpc) is 3.54. The number of carbonyl (C=O) groups is 4. The van der Waals surface area contributed by atoms with Gasteiger partial charge in [0, 0.05) is 36.2 Å². The van der Waals surface area contributed by atoms with E-state index in [9.17, 15) is 44.0 Å². The van der Waals surface area contributed by atoms with Gasteiger partial charge in [-0.2, -0.15) is 0 Å². The number of hydrogen-bond donors (Lipinski definition) is 6. The van der Waals surface area contributed by atoms with Gasteiger partial charge < -0.3 is 41.1 Å². The number of phenols is 1. The molecule has 1 heterocycles. The van der Waals surface area contributed by atoms with Gasteiger partial charge in [-0.25, -0.2) is 4.39 Å². The van der Waals surface area contributed by atoms with Crippen LogP contribution in [0.1, 0.15) is 36.0 Å². The Morgan fingerprint density at radius 3 is 2.48 bits per heavy atom. The molecule has 1 aliphatic heterocycles. The molecule has 7 N–H and O–H groups in total. The van der Waals surface area contributed by atoms with Crippen LogP contribution in [0.2, 0.25) is 0 Å². The second-order valence-electron chi connectivity index (χ2n) is 12.8. The number of aliphatic hydroxyl groups is 3. The monoisotopic (exact) mass is 637 g/mol. The van der Waals surface area contributed by atoms with E-state index < -0.39 is 76.4 Å². The number of aromatic hydroxyl groups is 1. The lowest BCUT2D eigenvalue weighted by Gasteiger charge is -2.53. The van der Waals surface area contributed by atoms with Crippen LogP contribution < -0.4 is 11.1 Å². The number of primary amides is 1. The minimum atomic E-state index is -2.78. The number of amides is 2. The molecule has 13 heteroatoms. The summed E-state index contributed by atoms with van der Waals surface area (Å²) in [6, 6.07) is 6.18. The van der Waals surface area contributed by atoms with Crippen LogP contribution in [0.3, 0.4) is 0 Å². The summed E-state index contributed by atoms with van der Waals surface area (Å²) in [6.07, 6.45) is -0.926. The summed E-state index contributed by atoms with van der Waals surface area (Å²) in [6.45, 7) is 0.289. The van der Waals surface area contributed by atoms with Gasteiger partial charge in [0.2, 0.25) is 17.6 Å². The minimum Gasteiger partial charge on any atom is -0.507 e. The molecule has 46 heavy (non-hydrogen) atoms. The van der Waals surface area contributed by atoms with Crippen LogP contribution in [-0.4, -0.2) is 93.3 Å². The number of nitrogens with zero attached hydrogens (tertiary/aromatic N) is 1. The Bertz CT molecular complexity index is 1670. The molecule has 3 fully saturated rings. The van der Waals surface area contributed by atoms with Crippen molar-refractivity contribution < 1.29 is 48.7 Å². The van der Waals surface area contributed by atoms with Crippen LogP contribution in [0.4, 0.5) is 4.39 Å². The normalized spacial score (nSPS) is 30.6. The molecule has 244 valence electrons. The third kappa shape index (κ3) is 4.80. The first kappa shape index (κ1) is 31.8. The van der Waals surface area contributed by atoms with Crippen molar-refractivity contribution >= 4 is 29.1 Å². The van der Waals surface area contributed by atoms with Crippen LogP contribution in [0.5, 0.6) is 5.75 Å². The van der Waals surface area contributed by atoms with E-state index in [1.807, 2.05) is 0 Å². The third-order valence-corrected chi connectivity index (χ3v) is 10.00. The number of halogens is 1. The number of likely N-dealkylation sites (N-methyl/N-ethyl adjacent to an activating group) is 1. The average molecular weight is 638 g/mol. The van der Waals surface area contributed by atoms with Gasteiger partial charge in [-0.3, -0.25) is 19.2 Å². The van der Waals surface area contributed by atoms with Crippen LogP contribution in [-0.2, 0) is 36.9 Å². The van der Waals surface area contributed by atoms with Gasteiger partial charge in [0.25, 0.3) is 0 Å². The van der Waals surface area contributed by atoms with Crippen molar-refractivity contribution in [2.75, 3.05) is 20.7 Å². The number of carbonyl (C=O) groups excluding carboxylic acids is 4. The summed E-state index contributed by atoms with van der Waals surface area (Å²) in [4.78, 5) is 54.3. The number of ketones is 2. The quantitative estimate of drug-likeness (QED) is 0.246. The van der Waals surface area contributed by atoms with Crippen molar-refractivity contribution in [3.05, 3.63) is 58.4 Å². The lowest BCUT2D eigenvalue weighted by Crippen LogP contribution is -2.73. The molecule has 2 aromatic rings. The van der Waals surface area contributed by atoms with E-state index in [-0.39, 0.29) is 42.0 Å². The third-order valence-electron chi connectivity index (χ3n) is 10.00. The maximum absolute atomic E-state index is 14.2. The standard InChI is InChI=1S/C33H36FN3O9/c1-37(2)25-20-12-15-10-19-18(14-5-7-17(34)8-6-14)11-16(13-36-32(44)21-4-3-9-46-21)26(38)23(19)27(39)22(15)29(41)33(20,45)30(42)24(28(25)40)31(35)43/h5-8,11,15,20-21,24-25,28,38-40,45H,3-4,9-10,12-13H2,1-2H3,(H2,35,43)(H,36,44)/t15-,20-,21?,24?,25-,28?,33-/m1/s1. The lowest BCUT2D eigenvalue weighted by atomic mass is 9.54. The molecule has 2 saturated carbocycles. The Morgan fingerprint density at radius 2 is 1.87 bits per heavy atom. The smallest absolute Gasteiger partial charge is 0.249 e. The van der Waals surface area contributed by atoms with Crippen LogP contribution in [0.25, 0.3) is 16.9 Å². The second kappa shape index (κ2) is 11.6. The van der Waals surface area contributed by atoms with Gasteiger partial charge in [-0.1, -0.05) is 12.1 Å². The van der Waals surface area contributed by atoms with Crippen LogP contribution in [0.15, 0.2) is 35.9 Å². The summed E-state index contributed by atoms with van der Waals surface area (Å²) in [7, 11) is 3.16. The SMILES string of the molecule is CN(C)[C@H]1C(O)C(C(N)=O)C(=O)[C@]2(O)C(=O)C3=C(O)c4c(O)c(CNC(=O)C5CCCO5)cc(-c5ccc(F)cc5)c4C[C@@H]3C[C@H]12. The summed E-state index contributed by atoms with van der Waals surface area (Å²) >= 11 is 0. The molecule has 4 aliphatic rings. The molecule has 0 radical (unpaired) electrons. The zero-order chi connectivity index (χ0) is 33.2. The Hall–Kier alpha value is -4.17. The summed E-state index contributed by atoms with van der Waals surface area (Å²) < 4.78 is 19.4. The first-order valence-corrected chi connectivity index (χ1v) is 15.2. The van der Waals surface area contributed by atoms with E-state index in [1.165, 1.54) is 29.2 Å². The molecule has 2 aromatic carbocycles. The number of aliphatic hydroxyl groups excluding tert-OH is 2. The number of phenolic OH excluding ortho intramolecular Hbond substituents is 1. The topological polar surface area (TPSA) is 200 Å². The molecule has 1 saturated heterocycles. The molecular weight excluding hydrogens is 601 g/mol. The highest BCUT2D eigenvalue weighted by Gasteiger charge is 2.67. The molecule has 12 nitrogen and oxygen atoms in total. The zero-order valence-corrected chi connectivity index (χ0v) is 25.3. The Balaban J connectivity index is 1.49. The molecule has 0 bridgehead atoms. The second-order valence-corrected chi connectivity index (χ2v) is 12.8. The lowest BCUT2D eigenvalue weighted by molar-refractivity contribution is -0.184. The fraction of sp³-hybridized carbons (Fsp3) is 0.455. The summed E-state index contributed by atoms with van der Waals surface area (Å²) in [5, 5.41) is 48.9. The highest BCUT2D eigenvalue weighted by molar-refractivity contribution is 6.25. The molecule has 2 amide bonds. The number of Topliss-reactive ketones (excluding diaryl/α,β-unsaturated/α-hetero) is 2. The van der Waals surface area contributed by atoms with Gasteiger partial charge >= 0.3 is 0 Å². The van der Waals surface area contributed by atoms with Gasteiger partial charge in [0.1, 0.15) is 29.3 Å². The molecular formula is C33H36FN3O9. The highest BCUT2D eigenvalue weighted by atomic mass is 19.1. The van der Waals surface area contributed by atoms with Crippen LogP contribution in [0, 0.1) is 23.6 Å². The van der Waals surface area contributed by atoms with E-state index in [0.29, 0.717) is 29.7 Å². The number of nitrogens with one attached hydrogen (secondary N) is 1. The van der Waals surface area contributed by atoms with E-state index in [4.69, 9.17) is 10.5 Å². The van der Waals surface area contributed by atoms with Crippen molar-refractivity contribution in [3.8, 4) is 16.9 Å². The summed E-state index contributed by atoms with van der Waals surface area (Å²) in [5.41, 5.74) is 3.92. The fourth-order valence-corrected chi connectivity index (χ4v) is 7.83. The number of hydrogen-bond acceptors (Lipinski definition) is 10. The minimum absolute atomic E-state index is 0.0407. The van der Waals surface area contributed by atoms with Crippen molar-refractivity contribution in [2.45, 2.75) is 56.1 Å². The van der Waals surface area contributed by atoms with Crippen molar-refractivity contribution in [1.29, 1.82) is 0 Å². The number of ether oxygens (including phenoxy) is 1. The zero-order valence-electron chi connectivity index (χ0n) is 25.3. The Morgan fingerprint density at radius 1 is 1.17 bits per heavy atom. The highest BCUT2D eigenvalue weighted by Crippen LogP contribution is 2.53. The fourth-order valence-electron chi connectivity index (χ4n) is 7.83. The first-order chi connectivity index (χ1) is 21.8. The maximum Gasteiger partial charge on any atom is 0.249 e. The molecule has 0 spiro atoms. The molecule has 7 atom stereocenters. The number of benzene rings is 2. The van der Waals surface area contributed by atoms with E-state index in [0.717, 1.165) is 6.42 Å². The van der Waals surface area contributed by atoms with Crippen molar-refractivity contribution in [3.63, 3.8) is 0 Å². The molecule has 6 rings (SSSR count).